The van der Waals surface area contributed by atoms with E-state index in [-0.39, 0.29) is 5.91 Å². The molecule has 1 aromatic rings. The zero-order chi connectivity index (χ0) is 14.4. The lowest BCUT2D eigenvalue weighted by atomic mass is 10.2. The van der Waals surface area contributed by atoms with E-state index in [4.69, 9.17) is 16.9 Å². The fourth-order valence-corrected chi connectivity index (χ4v) is 1.88. The lowest BCUT2D eigenvalue weighted by Crippen LogP contribution is -2.37. The van der Waals surface area contributed by atoms with Gasteiger partial charge in [-0.2, -0.15) is 5.26 Å². The van der Waals surface area contributed by atoms with E-state index in [0.29, 0.717) is 17.1 Å². The lowest BCUT2D eigenvalue weighted by molar-refractivity contribution is -0.127. The molecular weight excluding hydrogens is 262 g/mol. The summed E-state index contributed by atoms with van der Waals surface area (Å²) in [6.07, 6.45) is 0.929. The Kier molecular flexibility index (Phi) is 5.65. The van der Waals surface area contributed by atoms with Crippen LogP contribution in [0.1, 0.15) is 18.9 Å². The lowest BCUT2D eigenvalue weighted by Gasteiger charge is -2.25. The first-order valence-electron chi connectivity index (χ1n) is 6.14. The average Bonchev–Trinajstić information content (AvgIpc) is 2.37. The van der Waals surface area contributed by atoms with Gasteiger partial charge in [0.05, 0.1) is 17.1 Å². The predicted molar refractivity (Wildman–Crippen MR) is 77.4 cm³/mol. The molecule has 5 heteroatoms. The van der Waals surface area contributed by atoms with Crippen LogP contribution in [0.2, 0.25) is 5.02 Å². The Labute approximate surface area is 119 Å². The van der Waals surface area contributed by atoms with Crippen LogP contribution in [0.25, 0.3) is 0 Å². The van der Waals surface area contributed by atoms with E-state index < -0.39 is 0 Å². The van der Waals surface area contributed by atoms with Crippen molar-refractivity contribution in [3.05, 3.63) is 28.8 Å². The summed E-state index contributed by atoms with van der Waals surface area (Å²) < 4.78 is 0. The number of benzene rings is 1. The minimum Gasteiger partial charge on any atom is -0.362 e. The predicted octanol–water partition coefficient (Wildman–Crippen LogP) is 2.52. The molecule has 19 heavy (non-hydrogen) atoms. The molecule has 0 atom stereocenters. The van der Waals surface area contributed by atoms with Gasteiger partial charge in [-0.3, -0.25) is 4.79 Å². The molecule has 1 rings (SSSR count). The van der Waals surface area contributed by atoms with Crippen molar-refractivity contribution in [1.82, 2.24) is 4.90 Å². The van der Waals surface area contributed by atoms with Crippen molar-refractivity contribution in [2.24, 2.45) is 0 Å². The number of anilines is 1. The number of carbonyl (C=O) groups excluding carboxylic acids is 1. The van der Waals surface area contributed by atoms with Crippen LogP contribution in [-0.4, -0.2) is 38.0 Å². The van der Waals surface area contributed by atoms with Crippen molar-refractivity contribution in [3.8, 4) is 6.07 Å². The van der Waals surface area contributed by atoms with Crippen LogP contribution in [0.15, 0.2) is 18.2 Å². The first kappa shape index (κ1) is 15.3. The van der Waals surface area contributed by atoms with Crippen molar-refractivity contribution >= 4 is 23.2 Å². The SMILES string of the molecule is CCCN(CC(=O)N(C)C)c1ccc(C#N)c(Cl)c1. The highest BCUT2D eigenvalue weighted by molar-refractivity contribution is 6.32. The molecule has 0 aromatic heterocycles. The van der Waals surface area contributed by atoms with Crippen molar-refractivity contribution in [3.63, 3.8) is 0 Å². The zero-order valence-electron chi connectivity index (χ0n) is 11.5. The Morgan fingerprint density at radius 3 is 2.58 bits per heavy atom. The number of nitriles is 1. The topological polar surface area (TPSA) is 47.3 Å². The monoisotopic (exact) mass is 279 g/mol. The summed E-state index contributed by atoms with van der Waals surface area (Å²) in [6.45, 7) is 3.13. The van der Waals surface area contributed by atoms with Crippen LogP contribution in [0.3, 0.4) is 0 Å². The second-order valence-corrected chi connectivity index (χ2v) is 4.89. The number of hydrogen-bond donors (Lipinski definition) is 0. The van der Waals surface area contributed by atoms with Crippen LogP contribution in [0.4, 0.5) is 5.69 Å². The van der Waals surface area contributed by atoms with Gasteiger partial charge < -0.3 is 9.80 Å². The van der Waals surface area contributed by atoms with Crippen LogP contribution in [-0.2, 0) is 4.79 Å². The van der Waals surface area contributed by atoms with Gasteiger partial charge in [0.15, 0.2) is 0 Å². The van der Waals surface area contributed by atoms with Crippen LogP contribution >= 0.6 is 11.6 Å². The Bertz CT molecular complexity index is 494. The molecule has 0 aliphatic heterocycles. The highest BCUT2D eigenvalue weighted by atomic mass is 35.5. The van der Waals surface area contributed by atoms with Crippen molar-refractivity contribution in [2.45, 2.75) is 13.3 Å². The number of hydrogen-bond acceptors (Lipinski definition) is 3. The van der Waals surface area contributed by atoms with Gasteiger partial charge in [0, 0.05) is 26.3 Å². The summed E-state index contributed by atoms with van der Waals surface area (Å²) in [7, 11) is 3.47. The maximum atomic E-state index is 11.8. The minimum absolute atomic E-state index is 0.0360. The molecule has 0 aliphatic rings. The molecule has 1 amide bonds. The van der Waals surface area contributed by atoms with E-state index in [1.165, 1.54) is 0 Å². The summed E-state index contributed by atoms with van der Waals surface area (Å²) in [5.74, 6) is 0.0360. The molecule has 0 fully saturated rings. The maximum absolute atomic E-state index is 11.8. The molecule has 0 bridgehead atoms. The maximum Gasteiger partial charge on any atom is 0.241 e. The summed E-state index contributed by atoms with van der Waals surface area (Å²) >= 11 is 6.03. The number of likely N-dealkylation sites (N-methyl/N-ethyl adjacent to an activating group) is 1. The zero-order valence-corrected chi connectivity index (χ0v) is 12.2. The highest BCUT2D eigenvalue weighted by Crippen LogP contribution is 2.23. The summed E-state index contributed by atoms with van der Waals surface area (Å²) in [4.78, 5) is 15.3. The van der Waals surface area contributed by atoms with E-state index in [9.17, 15) is 4.79 Å². The van der Waals surface area contributed by atoms with E-state index >= 15 is 0 Å². The molecule has 0 heterocycles. The molecule has 0 N–H and O–H groups in total. The third-order valence-electron chi connectivity index (χ3n) is 2.76. The number of halogens is 1. The van der Waals surface area contributed by atoms with E-state index in [0.717, 1.165) is 18.7 Å². The molecule has 0 radical (unpaired) electrons. The van der Waals surface area contributed by atoms with Gasteiger partial charge in [0.25, 0.3) is 0 Å². The van der Waals surface area contributed by atoms with E-state index in [1.54, 1.807) is 31.1 Å². The second kappa shape index (κ2) is 7.01. The molecule has 102 valence electrons. The fourth-order valence-electron chi connectivity index (χ4n) is 1.67. The highest BCUT2D eigenvalue weighted by Gasteiger charge is 2.13. The Balaban J connectivity index is 2.96. The van der Waals surface area contributed by atoms with Gasteiger partial charge in [0.2, 0.25) is 5.91 Å². The van der Waals surface area contributed by atoms with Gasteiger partial charge >= 0.3 is 0 Å². The number of rotatable bonds is 5. The normalized spacial score (nSPS) is 9.84. The molecule has 0 aliphatic carbocycles. The molecule has 0 spiro atoms. The fraction of sp³-hybridized carbons (Fsp3) is 0.429. The number of carbonyl (C=O) groups is 1. The van der Waals surface area contributed by atoms with Crippen molar-refractivity contribution in [2.75, 3.05) is 32.1 Å². The van der Waals surface area contributed by atoms with Crippen molar-refractivity contribution < 1.29 is 4.79 Å². The van der Waals surface area contributed by atoms with E-state index in [2.05, 4.69) is 6.92 Å². The van der Waals surface area contributed by atoms with Gasteiger partial charge in [-0.15, -0.1) is 0 Å². The Morgan fingerprint density at radius 2 is 2.11 bits per heavy atom. The first-order chi connectivity index (χ1) is 8.99. The minimum atomic E-state index is 0.0360. The van der Waals surface area contributed by atoms with Gasteiger partial charge in [-0.05, 0) is 24.6 Å². The number of nitrogens with zero attached hydrogens (tertiary/aromatic N) is 3. The first-order valence-corrected chi connectivity index (χ1v) is 6.52. The smallest absolute Gasteiger partial charge is 0.241 e. The van der Waals surface area contributed by atoms with Crippen LogP contribution in [0.5, 0.6) is 0 Å². The number of amides is 1. The molecular formula is C14H18ClN3O. The van der Waals surface area contributed by atoms with E-state index in [1.807, 2.05) is 17.0 Å². The summed E-state index contributed by atoms with van der Waals surface area (Å²) in [5, 5.41) is 9.28. The summed E-state index contributed by atoms with van der Waals surface area (Å²) in [6, 6.07) is 7.27. The quantitative estimate of drug-likeness (QED) is 0.832. The van der Waals surface area contributed by atoms with Gasteiger partial charge in [-0.1, -0.05) is 18.5 Å². The van der Waals surface area contributed by atoms with Gasteiger partial charge in [-0.25, -0.2) is 0 Å². The Hall–Kier alpha value is -1.73. The third kappa shape index (κ3) is 4.15. The molecule has 0 saturated heterocycles. The van der Waals surface area contributed by atoms with Crippen LogP contribution in [0, 0.1) is 11.3 Å². The standard InChI is InChI=1S/C14H18ClN3O/c1-4-7-18(10-14(19)17(2)3)12-6-5-11(9-16)13(15)8-12/h5-6,8H,4,7,10H2,1-3H3. The Morgan fingerprint density at radius 1 is 1.42 bits per heavy atom. The van der Waals surface area contributed by atoms with Crippen LogP contribution < -0.4 is 4.90 Å². The second-order valence-electron chi connectivity index (χ2n) is 4.49. The molecule has 0 saturated carbocycles. The van der Waals surface area contributed by atoms with Crippen molar-refractivity contribution in [1.29, 1.82) is 5.26 Å². The largest absolute Gasteiger partial charge is 0.362 e. The molecule has 1 aromatic carbocycles. The van der Waals surface area contributed by atoms with Gasteiger partial charge in [0.1, 0.15) is 6.07 Å². The molecule has 0 unspecified atom stereocenters. The average molecular weight is 280 g/mol. The molecule has 4 nitrogen and oxygen atoms in total. The third-order valence-corrected chi connectivity index (χ3v) is 3.07. The summed E-state index contributed by atoms with van der Waals surface area (Å²) in [5.41, 5.74) is 1.31.